The third-order valence-corrected chi connectivity index (χ3v) is 2.80. The molecule has 0 aromatic heterocycles. The van der Waals surface area contributed by atoms with Crippen molar-refractivity contribution in [1.82, 2.24) is 0 Å². The van der Waals surface area contributed by atoms with Gasteiger partial charge in [0.05, 0.1) is 7.11 Å². The number of rotatable bonds is 3. The first kappa shape index (κ1) is 9.97. The molecule has 0 spiro atoms. The Morgan fingerprint density at radius 1 is 1.33 bits per heavy atom. The summed E-state index contributed by atoms with van der Waals surface area (Å²) in [5, 5.41) is 0. The molecule has 1 aromatic carbocycles. The van der Waals surface area contributed by atoms with E-state index < -0.39 is 0 Å². The summed E-state index contributed by atoms with van der Waals surface area (Å²) in [4.78, 5) is 11.5. The Morgan fingerprint density at radius 3 is 2.53 bits per heavy atom. The van der Waals surface area contributed by atoms with Gasteiger partial charge in [0, 0.05) is 0 Å². The number of benzene rings is 1. The molecule has 0 aliphatic heterocycles. The van der Waals surface area contributed by atoms with Crippen LogP contribution in [0.2, 0.25) is 0 Å². The quantitative estimate of drug-likeness (QED) is 0.704. The molecule has 0 amide bonds. The fourth-order valence-electron chi connectivity index (χ4n) is 2.01. The molecule has 0 fully saturated rings. The van der Waals surface area contributed by atoms with Crippen LogP contribution in [0.3, 0.4) is 0 Å². The first-order valence-corrected chi connectivity index (χ1v) is 5.15. The van der Waals surface area contributed by atoms with Crippen molar-refractivity contribution >= 4 is 11.5 Å². The van der Waals surface area contributed by atoms with Crippen molar-refractivity contribution in [3.05, 3.63) is 41.5 Å². The van der Waals surface area contributed by atoms with Gasteiger partial charge in [-0.3, -0.25) is 4.79 Å². The van der Waals surface area contributed by atoms with E-state index in [4.69, 9.17) is 4.74 Å². The molecule has 0 N–H and O–H groups in total. The third kappa shape index (κ3) is 1.67. The van der Waals surface area contributed by atoms with Crippen molar-refractivity contribution in [2.24, 2.45) is 5.92 Å². The van der Waals surface area contributed by atoms with E-state index in [0.717, 1.165) is 17.6 Å². The van der Waals surface area contributed by atoms with Crippen LogP contribution < -0.4 is 0 Å². The first-order chi connectivity index (χ1) is 7.29. The van der Waals surface area contributed by atoms with E-state index in [1.807, 2.05) is 30.3 Å². The minimum atomic E-state index is -0.134. The molecule has 0 saturated carbocycles. The molecule has 0 saturated heterocycles. The second-order valence-electron chi connectivity index (χ2n) is 3.61. The number of ether oxygens (including phenoxy) is 1. The minimum absolute atomic E-state index is 0.0811. The zero-order valence-corrected chi connectivity index (χ0v) is 8.99. The van der Waals surface area contributed by atoms with Crippen LogP contribution >= 0.6 is 0 Å². The number of methoxy groups -OCH3 is 1. The maximum atomic E-state index is 11.5. The first-order valence-electron chi connectivity index (χ1n) is 5.15. The lowest BCUT2D eigenvalue weighted by Crippen LogP contribution is -2.06. The Balaban J connectivity index is 2.24. The SMILES string of the molecule is CCC1=C(c2ccccc2)C1C(=O)OC. The molecule has 0 heterocycles. The predicted octanol–water partition coefficient (Wildman–Crippen LogP) is 2.65. The van der Waals surface area contributed by atoms with Crippen molar-refractivity contribution in [3.8, 4) is 0 Å². The van der Waals surface area contributed by atoms with Gasteiger partial charge < -0.3 is 4.74 Å². The van der Waals surface area contributed by atoms with Gasteiger partial charge in [-0.15, -0.1) is 0 Å². The Bertz CT molecular complexity index is 404. The Labute approximate surface area is 89.6 Å². The molecular formula is C13H14O2. The van der Waals surface area contributed by atoms with Crippen molar-refractivity contribution in [2.75, 3.05) is 7.11 Å². The van der Waals surface area contributed by atoms with Gasteiger partial charge in [-0.05, 0) is 23.1 Å². The second-order valence-corrected chi connectivity index (χ2v) is 3.61. The van der Waals surface area contributed by atoms with Gasteiger partial charge >= 0.3 is 5.97 Å². The Hall–Kier alpha value is -1.57. The summed E-state index contributed by atoms with van der Waals surface area (Å²) in [7, 11) is 1.44. The zero-order valence-electron chi connectivity index (χ0n) is 8.99. The molecule has 1 aliphatic rings. The van der Waals surface area contributed by atoms with Crippen LogP contribution in [0.15, 0.2) is 35.9 Å². The molecule has 0 bridgehead atoms. The molecule has 1 aromatic rings. The van der Waals surface area contributed by atoms with Crippen LogP contribution in [0.1, 0.15) is 18.9 Å². The van der Waals surface area contributed by atoms with E-state index in [1.54, 1.807) is 0 Å². The van der Waals surface area contributed by atoms with Gasteiger partial charge in [-0.1, -0.05) is 37.3 Å². The van der Waals surface area contributed by atoms with Gasteiger partial charge in [-0.2, -0.15) is 0 Å². The molecular weight excluding hydrogens is 188 g/mol. The summed E-state index contributed by atoms with van der Waals surface area (Å²) in [6.07, 6.45) is 0.921. The van der Waals surface area contributed by atoms with E-state index in [-0.39, 0.29) is 11.9 Å². The largest absolute Gasteiger partial charge is 0.468 e. The third-order valence-electron chi connectivity index (χ3n) is 2.80. The monoisotopic (exact) mass is 202 g/mol. The standard InChI is InChI=1S/C13H14O2/c1-3-10-11(12(10)13(14)15-2)9-7-5-4-6-8-9/h4-8,12H,3H2,1-2H3. The van der Waals surface area contributed by atoms with Gasteiger partial charge in [-0.25, -0.2) is 0 Å². The van der Waals surface area contributed by atoms with Gasteiger partial charge in [0.2, 0.25) is 0 Å². The van der Waals surface area contributed by atoms with E-state index in [1.165, 1.54) is 12.7 Å². The van der Waals surface area contributed by atoms with Crippen LogP contribution in [0, 0.1) is 5.92 Å². The Morgan fingerprint density at radius 2 is 2.00 bits per heavy atom. The molecule has 2 rings (SSSR count). The van der Waals surface area contributed by atoms with E-state index in [2.05, 4.69) is 6.92 Å². The summed E-state index contributed by atoms with van der Waals surface area (Å²) in [6.45, 7) is 2.07. The van der Waals surface area contributed by atoms with Crippen molar-refractivity contribution in [3.63, 3.8) is 0 Å². The maximum absolute atomic E-state index is 11.5. The van der Waals surface area contributed by atoms with Crippen LogP contribution in [0.5, 0.6) is 0 Å². The topological polar surface area (TPSA) is 26.3 Å². The fourth-order valence-corrected chi connectivity index (χ4v) is 2.01. The summed E-state index contributed by atoms with van der Waals surface area (Å²) in [5.74, 6) is -0.215. The van der Waals surface area contributed by atoms with Crippen molar-refractivity contribution in [1.29, 1.82) is 0 Å². The van der Waals surface area contributed by atoms with Crippen molar-refractivity contribution < 1.29 is 9.53 Å². The smallest absolute Gasteiger partial charge is 0.317 e. The molecule has 2 heteroatoms. The average Bonchev–Trinajstić information content (AvgIpc) is 3.03. The average molecular weight is 202 g/mol. The number of carbonyl (C=O) groups is 1. The lowest BCUT2D eigenvalue weighted by Gasteiger charge is -1.98. The number of hydrogen-bond donors (Lipinski definition) is 0. The normalized spacial score (nSPS) is 18.9. The van der Waals surface area contributed by atoms with E-state index in [0.29, 0.717) is 0 Å². The molecule has 2 nitrogen and oxygen atoms in total. The van der Waals surface area contributed by atoms with E-state index in [9.17, 15) is 4.79 Å². The van der Waals surface area contributed by atoms with Crippen LogP contribution in [-0.2, 0) is 9.53 Å². The van der Waals surface area contributed by atoms with Crippen molar-refractivity contribution in [2.45, 2.75) is 13.3 Å². The highest BCUT2D eigenvalue weighted by molar-refractivity contribution is 6.03. The van der Waals surface area contributed by atoms with Gasteiger partial charge in [0.1, 0.15) is 5.92 Å². The number of esters is 1. The Kier molecular flexibility index (Phi) is 2.58. The molecule has 1 unspecified atom stereocenters. The van der Waals surface area contributed by atoms with Crippen LogP contribution in [0.4, 0.5) is 0 Å². The fraction of sp³-hybridized carbons (Fsp3) is 0.308. The second kappa shape index (κ2) is 3.89. The van der Waals surface area contributed by atoms with Gasteiger partial charge in [0.25, 0.3) is 0 Å². The minimum Gasteiger partial charge on any atom is -0.468 e. The summed E-state index contributed by atoms with van der Waals surface area (Å²) < 4.78 is 4.78. The summed E-state index contributed by atoms with van der Waals surface area (Å²) in [5.41, 5.74) is 3.52. The van der Waals surface area contributed by atoms with Crippen LogP contribution in [-0.4, -0.2) is 13.1 Å². The number of hydrogen-bond acceptors (Lipinski definition) is 2. The highest BCUT2D eigenvalue weighted by Gasteiger charge is 2.42. The lowest BCUT2D eigenvalue weighted by molar-refractivity contribution is -0.141. The molecule has 78 valence electrons. The highest BCUT2D eigenvalue weighted by Crippen LogP contribution is 2.49. The summed E-state index contributed by atoms with van der Waals surface area (Å²) >= 11 is 0. The van der Waals surface area contributed by atoms with Gasteiger partial charge in [0.15, 0.2) is 0 Å². The molecule has 0 radical (unpaired) electrons. The maximum Gasteiger partial charge on any atom is 0.317 e. The molecule has 1 aliphatic carbocycles. The molecule has 15 heavy (non-hydrogen) atoms. The predicted molar refractivity (Wildman–Crippen MR) is 59.2 cm³/mol. The zero-order chi connectivity index (χ0) is 10.8. The molecule has 1 atom stereocenters. The van der Waals surface area contributed by atoms with E-state index >= 15 is 0 Å². The lowest BCUT2D eigenvalue weighted by atomic mass is 10.1. The summed E-state index contributed by atoms with van der Waals surface area (Å²) in [6, 6.07) is 10.0. The number of carbonyl (C=O) groups excluding carboxylic acids is 1. The highest BCUT2D eigenvalue weighted by atomic mass is 16.5. The van der Waals surface area contributed by atoms with Crippen LogP contribution in [0.25, 0.3) is 5.57 Å².